The lowest BCUT2D eigenvalue weighted by Gasteiger charge is -2.22. The Morgan fingerprint density at radius 1 is 1.20 bits per heavy atom. The van der Waals surface area contributed by atoms with Crippen LogP contribution in [0.25, 0.3) is 0 Å². The first-order chi connectivity index (χ1) is 9.23. The maximum absolute atomic E-state index is 6.00. The van der Waals surface area contributed by atoms with E-state index in [1.54, 1.807) is 0 Å². The van der Waals surface area contributed by atoms with Crippen molar-refractivity contribution in [2.75, 3.05) is 0 Å². The molecule has 0 saturated heterocycles. The standard InChI is InChI=1S/C16H25Br2NO/c1-6-7-11(2)20-15-13(17)8-12(9-14(15)18)10-19-16(3,4)5/h8-9,11,19H,6-7,10H2,1-5H3. The molecule has 20 heavy (non-hydrogen) atoms. The summed E-state index contributed by atoms with van der Waals surface area (Å²) in [6.07, 6.45) is 2.42. The quantitative estimate of drug-likeness (QED) is 0.657. The monoisotopic (exact) mass is 405 g/mol. The van der Waals surface area contributed by atoms with E-state index in [0.717, 1.165) is 34.1 Å². The second-order valence-electron chi connectivity index (χ2n) is 6.21. The van der Waals surface area contributed by atoms with E-state index >= 15 is 0 Å². The Bertz CT molecular complexity index is 418. The molecular formula is C16H25Br2NO. The molecule has 0 amide bonds. The van der Waals surface area contributed by atoms with Gasteiger partial charge in [0.25, 0.3) is 0 Å². The summed E-state index contributed by atoms with van der Waals surface area (Å²) < 4.78 is 8.00. The van der Waals surface area contributed by atoms with Crippen LogP contribution in [0, 0.1) is 0 Å². The van der Waals surface area contributed by atoms with Crippen molar-refractivity contribution in [3.63, 3.8) is 0 Å². The number of ether oxygens (including phenoxy) is 1. The Morgan fingerprint density at radius 3 is 2.20 bits per heavy atom. The number of benzene rings is 1. The minimum absolute atomic E-state index is 0.115. The lowest BCUT2D eigenvalue weighted by molar-refractivity contribution is 0.207. The van der Waals surface area contributed by atoms with Crippen molar-refractivity contribution < 1.29 is 4.74 Å². The fourth-order valence-electron chi connectivity index (χ4n) is 1.86. The molecule has 2 nitrogen and oxygen atoms in total. The fraction of sp³-hybridized carbons (Fsp3) is 0.625. The smallest absolute Gasteiger partial charge is 0.148 e. The maximum Gasteiger partial charge on any atom is 0.148 e. The molecule has 0 aliphatic rings. The Kier molecular flexibility index (Phi) is 7.02. The summed E-state index contributed by atoms with van der Waals surface area (Å²) in [6, 6.07) is 4.25. The van der Waals surface area contributed by atoms with Gasteiger partial charge < -0.3 is 10.1 Å². The highest BCUT2D eigenvalue weighted by Crippen LogP contribution is 2.36. The van der Waals surface area contributed by atoms with E-state index in [1.165, 1.54) is 5.56 Å². The number of halogens is 2. The van der Waals surface area contributed by atoms with Crippen LogP contribution in [0.3, 0.4) is 0 Å². The molecule has 0 spiro atoms. The molecule has 1 aromatic carbocycles. The second-order valence-corrected chi connectivity index (χ2v) is 7.92. The SMILES string of the molecule is CCCC(C)Oc1c(Br)cc(CNC(C)(C)C)cc1Br. The van der Waals surface area contributed by atoms with Gasteiger partial charge in [0.2, 0.25) is 0 Å². The molecule has 1 unspecified atom stereocenters. The molecule has 0 heterocycles. The van der Waals surface area contributed by atoms with Crippen molar-refractivity contribution in [1.82, 2.24) is 5.32 Å². The Hall–Kier alpha value is -0.0600. The highest BCUT2D eigenvalue weighted by atomic mass is 79.9. The Morgan fingerprint density at radius 2 is 1.75 bits per heavy atom. The molecule has 0 fully saturated rings. The molecule has 0 saturated carbocycles. The molecule has 0 bridgehead atoms. The van der Waals surface area contributed by atoms with Crippen molar-refractivity contribution in [3.05, 3.63) is 26.6 Å². The average molecular weight is 407 g/mol. The summed E-state index contributed by atoms with van der Waals surface area (Å²) in [7, 11) is 0. The van der Waals surface area contributed by atoms with Crippen LogP contribution in [0.1, 0.15) is 53.0 Å². The van der Waals surface area contributed by atoms with Gasteiger partial charge in [-0.15, -0.1) is 0 Å². The highest BCUT2D eigenvalue weighted by molar-refractivity contribution is 9.11. The van der Waals surface area contributed by atoms with E-state index in [0.29, 0.717) is 0 Å². The molecule has 0 aliphatic heterocycles. The van der Waals surface area contributed by atoms with Gasteiger partial charge in [-0.2, -0.15) is 0 Å². The minimum atomic E-state index is 0.115. The third-order valence-electron chi connectivity index (χ3n) is 2.90. The lowest BCUT2D eigenvalue weighted by atomic mass is 10.1. The summed E-state index contributed by atoms with van der Waals surface area (Å²) >= 11 is 7.23. The zero-order chi connectivity index (χ0) is 15.3. The fourth-order valence-corrected chi connectivity index (χ4v) is 3.33. The van der Waals surface area contributed by atoms with E-state index in [2.05, 4.69) is 83.9 Å². The number of rotatable bonds is 6. The topological polar surface area (TPSA) is 21.3 Å². The van der Waals surface area contributed by atoms with E-state index in [-0.39, 0.29) is 11.6 Å². The zero-order valence-corrected chi connectivity index (χ0v) is 16.2. The van der Waals surface area contributed by atoms with Gasteiger partial charge in [-0.05, 0) is 83.7 Å². The molecule has 114 valence electrons. The predicted octanol–water partition coefficient (Wildman–Crippen LogP) is 5.67. The summed E-state index contributed by atoms with van der Waals surface area (Å²) in [6.45, 7) is 11.6. The first kappa shape index (κ1) is 18.0. The molecule has 0 aromatic heterocycles. The van der Waals surface area contributed by atoms with E-state index in [4.69, 9.17) is 4.74 Å². The van der Waals surface area contributed by atoms with Crippen LogP contribution in [0.15, 0.2) is 21.1 Å². The van der Waals surface area contributed by atoms with Gasteiger partial charge in [-0.25, -0.2) is 0 Å². The predicted molar refractivity (Wildman–Crippen MR) is 93.4 cm³/mol. The number of hydrogen-bond donors (Lipinski definition) is 1. The Labute approximate surface area is 139 Å². The molecular weight excluding hydrogens is 382 g/mol. The number of nitrogens with one attached hydrogen (secondary N) is 1. The van der Waals surface area contributed by atoms with Crippen LogP contribution in [0.4, 0.5) is 0 Å². The molecule has 1 N–H and O–H groups in total. The van der Waals surface area contributed by atoms with Crippen LogP contribution in [0.2, 0.25) is 0 Å². The van der Waals surface area contributed by atoms with E-state index in [1.807, 2.05) is 0 Å². The molecule has 4 heteroatoms. The summed E-state index contributed by atoms with van der Waals surface area (Å²) in [4.78, 5) is 0. The second kappa shape index (κ2) is 7.81. The van der Waals surface area contributed by atoms with Gasteiger partial charge in [-0.1, -0.05) is 13.3 Å². The number of hydrogen-bond acceptors (Lipinski definition) is 2. The van der Waals surface area contributed by atoms with Crippen molar-refractivity contribution >= 4 is 31.9 Å². The first-order valence-electron chi connectivity index (χ1n) is 7.12. The van der Waals surface area contributed by atoms with Crippen LogP contribution >= 0.6 is 31.9 Å². The summed E-state index contributed by atoms with van der Waals surface area (Å²) in [5.74, 6) is 0.894. The van der Waals surface area contributed by atoms with E-state index in [9.17, 15) is 0 Å². The minimum Gasteiger partial charge on any atom is -0.488 e. The molecule has 1 aromatic rings. The van der Waals surface area contributed by atoms with Gasteiger partial charge in [0.15, 0.2) is 0 Å². The van der Waals surface area contributed by atoms with Crippen LogP contribution in [-0.4, -0.2) is 11.6 Å². The van der Waals surface area contributed by atoms with Crippen molar-refractivity contribution in [1.29, 1.82) is 0 Å². The van der Waals surface area contributed by atoms with Crippen molar-refractivity contribution in [2.24, 2.45) is 0 Å². The summed E-state index contributed by atoms with van der Waals surface area (Å²) in [5, 5.41) is 3.49. The van der Waals surface area contributed by atoms with Crippen molar-refractivity contribution in [2.45, 2.75) is 65.6 Å². The molecule has 0 aliphatic carbocycles. The molecule has 1 rings (SSSR count). The van der Waals surface area contributed by atoms with Gasteiger partial charge in [0, 0.05) is 12.1 Å². The lowest BCUT2D eigenvalue weighted by Crippen LogP contribution is -2.35. The largest absolute Gasteiger partial charge is 0.488 e. The highest BCUT2D eigenvalue weighted by Gasteiger charge is 2.14. The average Bonchev–Trinajstić information content (AvgIpc) is 2.31. The van der Waals surface area contributed by atoms with Gasteiger partial charge in [0.05, 0.1) is 15.0 Å². The van der Waals surface area contributed by atoms with Gasteiger partial charge >= 0.3 is 0 Å². The van der Waals surface area contributed by atoms with Crippen molar-refractivity contribution in [3.8, 4) is 5.75 Å². The van der Waals surface area contributed by atoms with Crippen LogP contribution in [0.5, 0.6) is 5.75 Å². The third kappa shape index (κ3) is 6.15. The van der Waals surface area contributed by atoms with E-state index < -0.39 is 0 Å². The van der Waals surface area contributed by atoms with Gasteiger partial charge in [0.1, 0.15) is 5.75 Å². The summed E-state index contributed by atoms with van der Waals surface area (Å²) in [5.41, 5.74) is 1.35. The Balaban J connectivity index is 2.81. The first-order valence-corrected chi connectivity index (χ1v) is 8.71. The normalized spacial score (nSPS) is 13.3. The van der Waals surface area contributed by atoms with Crippen LogP contribution < -0.4 is 10.1 Å². The maximum atomic E-state index is 6.00. The van der Waals surface area contributed by atoms with Crippen LogP contribution in [-0.2, 0) is 6.54 Å². The zero-order valence-electron chi connectivity index (χ0n) is 13.0. The third-order valence-corrected chi connectivity index (χ3v) is 4.07. The van der Waals surface area contributed by atoms with Gasteiger partial charge in [-0.3, -0.25) is 0 Å². The molecule has 1 atom stereocenters. The molecule has 0 radical (unpaired) electrons.